The molecule has 0 aliphatic rings. The molecule has 0 aliphatic carbocycles. The standard InChI is InChI=1S/C45H84NO8P/c1-3-5-7-9-11-13-15-17-19-20-21-22-24-25-27-29-31-33-35-37-44(47)51-41-43(42-53-55(49,50)52-40-39-46)54-45(48)38-36-34-32-30-28-26-23-18-16-14-12-10-8-6-4-2/h11,13-14,16-17,19,43H,3-10,12,15,18,20-42,46H2,1-2H3,(H,49,50)/t43-/m1/s1. The minimum Gasteiger partial charge on any atom is -0.462 e. The number of phosphoric ester groups is 1. The molecule has 0 spiro atoms. The predicted octanol–water partition coefficient (Wildman–Crippen LogP) is 12.9. The number of unbranched alkanes of at least 4 members (excludes halogenated alkanes) is 23. The van der Waals surface area contributed by atoms with Gasteiger partial charge in [-0.1, -0.05) is 159 Å². The Bertz CT molecular complexity index is 1000. The summed E-state index contributed by atoms with van der Waals surface area (Å²) in [5, 5.41) is 0. The summed E-state index contributed by atoms with van der Waals surface area (Å²) in [7, 11) is -4.38. The highest BCUT2D eigenvalue weighted by atomic mass is 31.2. The largest absolute Gasteiger partial charge is 0.472 e. The summed E-state index contributed by atoms with van der Waals surface area (Å²) in [4.78, 5) is 34.9. The Morgan fingerprint density at radius 1 is 0.545 bits per heavy atom. The van der Waals surface area contributed by atoms with Gasteiger partial charge in [0.05, 0.1) is 13.2 Å². The van der Waals surface area contributed by atoms with Crippen LogP contribution in [0, 0.1) is 0 Å². The van der Waals surface area contributed by atoms with Crippen molar-refractivity contribution in [3.63, 3.8) is 0 Å². The van der Waals surface area contributed by atoms with Crippen LogP contribution in [-0.4, -0.2) is 49.3 Å². The number of nitrogens with two attached hydrogens (primary N) is 1. The van der Waals surface area contributed by atoms with Crippen molar-refractivity contribution in [1.29, 1.82) is 0 Å². The van der Waals surface area contributed by atoms with Crippen LogP contribution in [-0.2, 0) is 32.7 Å². The first kappa shape index (κ1) is 53.2. The molecular weight excluding hydrogens is 713 g/mol. The summed E-state index contributed by atoms with van der Waals surface area (Å²) in [6.07, 6.45) is 45.9. The minimum absolute atomic E-state index is 0.0520. The Morgan fingerprint density at radius 3 is 1.44 bits per heavy atom. The number of phosphoric acid groups is 1. The van der Waals surface area contributed by atoms with E-state index in [-0.39, 0.29) is 38.6 Å². The topological polar surface area (TPSA) is 134 Å². The van der Waals surface area contributed by atoms with Crippen molar-refractivity contribution < 1.29 is 37.6 Å². The second kappa shape index (κ2) is 41.9. The van der Waals surface area contributed by atoms with Crippen LogP contribution < -0.4 is 5.73 Å². The summed E-state index contributed by atoms with van der Waals surface area (Å²) >= 11 is 0. The van der Waals surface area contributed by atoms with E-state index in [4.69, 9.17) is 24.3 Å². The molecule has 0 bridgehead atoms. The predicted molar refractivity (Wildman–Crippen MR) is 229 cm³/mol. The van der Waals surface area contributed by atoms with E-state index >= 15 is 0 Å². The Balaban J connectivity index is 4.12. The number of ether oxygens (including phenoxy) is 2. The van der Waals surface area contributed by atoms with E-state index in [0.717, 1.165) is 51.4 Å². The zero-order valence-electron chi connectivity index (χ0n) is 35.4. The fourth-order valence-electron chi connectivity index (χ4n) is 6.13. The molecule has 0 amide bonds. The lowest BCUT2D eigenvalue weighted by Gasteiger charge is -2.19. The molecule has 0 heterocycles. The van der Waals surface area contributed by atoms with Crippen LogP contribution in [0.25, 0.3) is 0 Å². The summed E-state index contributed by atoms with van der Waals surface area (Å²) in [6.45, 7) is 3.70. The van der Waals surface area contributed by atoms with Crippen molar-refractivity contribution in [2.45, 2.75) is 213 Å². The van der Waals surface area contributed by atoms with Crippen molar-refractivity contribution in [3.05, 3.63) is 36.5 Å². The third-order valence-electron chi connectivity index (χ3n) is 9.50. The molecule has 9 nitrogen and oxygen atoms in total. The van der Waals surface area contributed by atoms with Gasteiger partial charge < -0.3 is 20.1 Å². The average Bonchev–Trinajstić information content (AvgIpc) is 3.17. The van der Waals surface area contributed by atoms with Gasteiger partial charge in [0, 0.05) is 19.4 Å². The third kappa shape index (κ3) is 41.7. The molecule has 3 N–H and O–H groups in total. The highest BCUT2D eigenvalue weighted by Crippen LogP contribution is 2.43. The fourth-order valence-corrected chi connectivity index (χ4v) is 6.89. The van der Waals surface area contributed by atoms with Gasteiger partial charge in [-0.3, -0.25) is 18.6 Å². The van der Waals surface area contributed by atoms with E-state index in [9.17, 15) is 19.0 Å². The summed E-state index contributed by atoms with van der Waals surface area (Å²) in [5.74, 6) is -0.835. The molecule has 0 radical (unpaired) electrons. The van der Waals surface area contributed by atoms with Crippen molar-refractivity contribution in [1.82, 2.24) is 0 Å². The molecule has 2 atom stereocenters. The highest BCUT2D eigenvalue weighted by Gasteiger charge is 2.26. The first-order chi connectivity index (χ1) is 26.8. The molecule has 0 aromatic heterocycles. The van der Waals surface area contributed by atoms with Crippen molar-refractivity contribution in [2.24, 2.45) is 5.73 Å². The second-order valence-corrected chi connectivity index (χ2v) is 16.4. The van der Waals surface area contributed by atoms with Crippen LogP contribution in [0.4, 0.5) is 0 Å². The molecule has 10 heteroatoms. The van der Waals surface area contributed by atoms with E-state index in [2.05, 4.69) is 50.3 Å². The van der Waals surface area contributed by atoms with Crippen molar-refractivity contribution in [2.75, 3.05) is 26.4 Å². The summed E-state index contributed by atoms with van der Waals surface area (Å²) in [6, 6.07) is 0. The Morgan fingerprint density at radius 2 is 0.945 bits per heavy atom. The first-order valence-corrected chi connectivity index (χ1v) is 24.0. The Kier molecular flexibility index (Phi) is 40.5. The Hall–Kier alpha value is -1.77. The van der Waals surface area contributed by atoms with Gasteiger partial charge in [0.25, 0.3) is 0 Å². The zero-order chi connectivity index (χ0) is 40.3. The van der Waals surface area contributed by atoms with Crippen LogP contribution in [0.5, 0.6) is 0 Å². The number of hydrogen-bond acceptors (Lipinski definition) is 8. The van der Waals surface area contributed by atoms with Crippen LogP contribution in [0.15, 0.2) is 36.5 Å². The molecule has 0 rings (SSSR count). The van der Waals surface area contributed by atoms with Gasteiger partial charge in [-0.05, 0) is 70.6 Å². The number of carbonyl (C=O) groups excluding carboxylic acids is 2. The lowest BCUT2D eigenvalue weighted by Crippen LogP contribution is -2.29. The molecule has 0 aromatic carbocycles. The van der Waals surface area contributed by atoms with Gasteiger partial charge in [-0.15, -0.1) is 0 Å². The maximum atomic E-state index is 12.6. The van der Waals surface area contributed by atoms with Crippen LogP contribution in [0.1, 0.15) is 206 Å². The van der Waals surface area contributed by atoms with Gasteiger partial charge >= 0.3 is 19.8 Å². The number of allylic oxidation sites excluding steroid dienone is 6. The van der Waals surface area contributed by atoms with Gasteiger partial charge in [-0.2, -0.15) is 0 Å². The minimum atomic E-state index is -4.38. The molecule has 0 fully saturated rings. The fraction of sp³-hybridized carbons (Fsp3) is 0.822. The number of esters is 2. The monoisotopic (exact) mass is 798 g/mol. The van der Waals surface area contributed by atoms with E-state index < -0.39 is 26.5 Å². The lowest BCUT2D eigenvalue weighted by atomic mass is 10.1. The number of hydrogen-bond donors (Lipinski definition) is 2. The van der Waals surface area contributed by atoms with E-state index in [1.54, 1.807) is 0 Å². The molecular formula is C45H84NO8P. The maximum absolute atomic E-state index is 12.6. The van der Waals surface area contributed by atoms with E-state index in [0.29, 0.717) is 6.42 Å². The number of rotatable bonds is 42. The maximum Gasteiger partial charge on any atom is 0.472 e. The van der Waals surface area contributed by atoms with Crippen LogP contribution >= 0.6 is 7.82 Å². The van der Waals surface area contributed by atoms with E-state index in [1.165, 1.54) is 122 Å². The molecule has 55 heavy (non-hydrogen) atoms. The molecule has 0 aromatic rings. The summed E-state index contributed by atoms with van der Waals surface area (Å²) < 4.78 is 32.8. The number of carbonyl (C=O) groups is 2. The SMILES string of the molecule is CCCCCC=CCC=CCCCCCCCCCCCC(=O)OC[C@H](COP(=O)(O)OCCN)OC(=O)CCCCCCCCCC=CCCCCCC. The van der Waals surface area contributed by atoms with Gasteiger partial charge in [0.1, 0.15) is 6.61 Å². The van der Waals surface area contributed by atoms with Gasteiger partial charge in [-0.25, -0.2) is 4.57 Å². The van der Waals surface area contributed by atoms with Crippen molar-refractivity contribution >= 4 is 19.8 Å². The molecule has 0 saturated heterocycles. The highest BCUT2D eigenvalue weighted by molar-refractivity contribution is 7.47. The van der Waals surface area contributed by atoms with Gasteiger partial charge in [0.15, 0.2) is 6.10 Å². The van der Waals surface area contributed by atoms with Gasteiger partial charge in [0.2, 0.25) is 0 Å². The molecule has 0 aliphatic heterocycles. The summed E-state index contributed by atoms with van der Waals surface area (Å²) in [5.41, 5.74) is 5.35. The molecule has 0 saturated carbocycles. The molecule has 1 unspecified atom stereocenters. The second-order valence-electron chi connectivity index (χ2n) is 14.9. The normalized spacial score (nSPS) is 13.6. The smallest absolute Gasteiger partial charge is 0.462 e. The lowest BCUT2D eigenvalue weighted by molar-refractivity contribution is -0.161. The first-order valence-electron chi connectivity index (χ1n) is 22.5. The third-order valence-corrected chi connectivity index (χ3v) is 10.5. The van der Waals surface area contributed by atoms with Crippen LogP contribution in [0.3, 0.4) is 0 Å². The van der Waals surface area contributed by atoms with Crippen LogP contribution in [0.2, 0.25) is 0 Å². The quantitative estimate of drug-likeness (QED) is 0.0268. The Labute approximate surface area is 337 Å². The van der Waals surface area contributed by atoms with Crippen molar-refractivity contribution in [3.8, 4) is 0 Å². The van der Waals surface area contributed by atoms with E-state index in [1.807, 2.05) is 0 Å². The molecule has 322 valence electrons. The zero-order valence-corrected chi connectivity index (χ0v) is 36.3. The average molecular weight is 798 g/mol.